The van der Waals surface area contributed by atoms with Crippen LogP contribution in [0.25, 0.3) is 0 Å². The summed E-state index contributed by atoms with van der Waals surface area (Å²) in [5, 5.41) is 18.7. The first-order valence-electron chi connectivity index (χ1n) is 10.9. The molecule has 2 aliphatic heterocycles. The van der Waals surface area contributed by atoms with E-state index in [1.807, 2.05) is 72.3 Å². The normalized spacial score (nSPS) is 19.0. The molecule has 1 unspecified atom stereocenters. The van der Waals surface area contributed by atoms with Crippen molar-refractivity contribution in [1.82, 2.24) is 9.91 Å². The Morgan fingerprint density at radius 3 is 2.62 bits per heavy atom. The number of carboxylic acids is 1. The molecular weight excluding hydrogens is 424 g/mol. The molecule has 0 saturated carbocycles. The van der Waals surface area contributed by atoms with Crippen LogP contribution in [0.1, 0.15) is 40.0 Å². The number of benzene rings is 2. The zero-order valence-electron chi connectivity index (χ0n) is 18.2. The van der Waals surface area contributed by atoms with E-state index in [4.69, 9.17) is 5.11 Å². The number of hydrogen-bond acceptors (Lipinski definition) is 6. The smallest absolute Gasteiger partial charge is 0.317 e. The van der Waals surface area contributed by atoms with Crippen LogP contribution in [0.3, 0.4) is 0 Å². The summed E-state index contributed by atoms with van der Waals surface area (Å²) in [4.78, 5) is 25.7. The van der Waals surface area contributed by atoms with Crippen LogP contribution in [-0.2, 0) is 11.2 Å². The predicted octanol–water partition coefficient (Wildman–Crippen LogP) is 3.33. The second kappa shape index (κ2) is 10.2. The molecule has 1 fully saturated rings. The molecule has 1 atom stereocenters. The molecule has 2 N–H and O–H groups in total. The molecule has 2 aromatic carbocycles. The SMILES string of the molecule is CC1c2ccc(NC(=O)c3ccc(C=NN4CCSCC4)cc3)cc2CCN1CC(=O)O. The number of carboxylic acid groups (broad SMARTS) is 1. The van der Waals surface area contributed by atoms with Crippen molar-refractivity contribution in [3.05, 3.63) is 64.7 Å². The van der Waals surface area contributed by atoms with Gasteiger partial charge < -0.3 is 10.4 Å². The van der Waals surface area contributed by atoms with Gasteiger partial charge >= 0.3 is 5.97 Å². The second-order valence-corrected chi connectivity index (χ2v) is 9.32. The summed E-state index contributed by atoms with van der Waals surface area (Å²) in [5.74, 6) is 1.25. The van der Waals surface area contributed by atoms with Crippen LogP contribution in [-0.4, -0.2) is 70.8 Å². The zero-order chi connectivity index (χ0) is 22.5. The number of anilines is 1. The second-order valence-electron chi connectivity index (χ2n) is 8.09. The minimum atomic E-state index is -0.813. The van der Waals surface area contributed by atoms with Crippen LogP contribution in [0.5, 0.6) is 0 Å². The average Bonchev–Trinajstić information content (AvgIpc) is 2.80. The Kier molecular flexibility index (Phi) is 7.12. The van der Waals surface area contributed by atoms with Gasteiger partial charge in [0.1, 0.15) is 0 Å². The molecule has 8 heteroatoms. The fourth-order valence-electron chi connectivity index (χ4n) is 4.09. The molecule has 168 valence electrons. The van der Waals surface area contributed by atoms with Crippen molar-refractivity contribution in [1.29, 1.82) is 0 Å². The third-order valence-corrected chi connectivity index (χ3v) is 6.88. The molecule has 7 nitrogen and oxygen atoms in total. The lowest BCUT2D eigenvalue weighted by Gasteiger charge is -2.34. The molecular formula is C24H28N4O3S. The van der Waals surface area contributed by atoms with Gasteiger partial charge in [0.15, 0.2) is 0 Å². The molecule has 32 heavy (non-hydrogen) atoms. The Morgan fingerprint density at radius 1 is 1.16 bits per heavy atom. The number of thioether (sulfide) groups is 1. The molecule has 2 aliphatic rings. The van der Waals surface area contributed by atoms with E-state index in [1.165, 1.54) is 0 Å². The number of hydrogen-bond donors (Lipinski definition) is 2. The predicted molar refractivity (Wildman–Crippen MR) is 129 cm³/mol. The zero-order valence-corrected chi connectivity index (χ0v) is 19.0. The summed E-state index contributed by atoms with van der Waals surface area (Å²) in [5.41, 5.74) is 4.58. The van der Waals surface area contributed by atoms with E-state index in [1.54, 1.807) is 0 Å². The van der Waals surface area contributed by atoms with E-state index in [2.05, 4.69) is 15.4 Å². The number of aliphatic carboxylic acids is 1. The topological polar surface area (TPSA) is 85.2 Å². The lowest BCUT2D eigenvalue weighted by atomic mass is 9.93. The summed E-state index contributed by atoms with van der Waals surface area (Å²) >= 11 is 1.95. The number of carbonyl (C=O) groups excluding carboxylic acids is 1. The Hall–Kier alpha value is -2.84. The van der Waals surface area contributed by atoms with Crippen molar-refractivity contribution in [3.8, 4) is 0 Å². The number of nitrogens with zero attached hydrogens (tertiary/aromatic N) is 3. The third-order valence-electron chi connectivity index (χ3n) is 5.94. The molecule has 0 aliphatic carbocycles. The quantitative estimate of drug-likeness (QED) is 0.654. The van der Waals surface area contributed by atoms with Crippen LogP contribution in [0, 0.1) is 0 Å². The van der Waals surface area contributed by atoms with Crippen molar-refractivity contribution in [2.24, 2.45) is 5.10 Å². The van der Waals surface area contributed by atoms with Crippen molar-refractivity contribution >= 4 is 35.5 Å². The Morgan fingerprint density at radius 2 is 1.91 bits per heavy atom. The fraction of sp³-hybridized carbons (Fsp3) is 0.375. The average molecular weight is 453 g/mol. The number of rotatable bonds is 6. The Balaban J connectivity index is 1.38. The molecule has 2 aromatic rings. The van der Waals surface area contributed by atoms with Crippen LogP contribution < -0.4 is 5.32 Å². The Labute approximate surface area is 192 Å². The van der Waals surface area contributed by atoms with E-state index in [0.29, 0.717) is 12.1 Å². The standard InChI is InChI=1S/C24H28N4O3S/c1-17-22-7-6-21(14-20(22)8-9-27(17)16-23(29)30)26-24(31)19-4-2-18(3-5-19)15-25-28-10-12-32-13-11-28/h2-7,14-15,17H,8-13,16H2,1H3,(H,26,31)(H,29,30). The van der Waals surface area contributed by atoms with E-state index in [9.17, 15) is 9.59 Å². The fourth-order valence-corrected chi connectivity index (χ4v) is 4.98. The van der Waals surface area contributed by atoms with Gasteiger partial charge in [0.05, 0.1) is 12.8 Å². The molecule has 1 amide bonds. The van der Waals surface area contributed by atoms with E-state index in [0.717, 1.165) is 53.4 Å². The van der Waals surface area contributed by atoms with Gasteiger partial charge in [-0.05, 0) is 54.3 Å². The summed E-state index contributed by atoms with van der Waals surface area (Å²) in [6, 6.07) is 13.3. The molecule has 1 saturated heterocycles. The van der Waals surface area contributed by atoms with Gasteiger partial charge in [0, 0.05) is 48.4 Å². The van der Waals surface area contributed by atoms with Gasteiger partial charge in [-0.25, -0.2) is 0 Å². The van der Waals surface area contributed by atoms with Crippen LogP contribution in [0.4, 0.5) is 5.69 Å². The van der Waals surface area contributed by atoms with Gasteiger partial charge in [0.25, 0.3) is 5.91 Å². The molecule has 0 aromatic heterocycles. The molecule has 4 rings (SSSR count). The van der Waals surface area contributed by atoms with Crippen LogP contribution in [0.15, 0.2) is 47.6 Å². The molecule has 0 spiro atoms. The minimum absolute atomic E-state index is 0.0386. The van der Waals surface area contributed by atoms with E-state index >= 15 is 0 Å². The van der Waals surface area contributed by atoms with Gasteiger partial charge in [-0.15, -0.1) is 0 Å². The number of hydrazone groups is 1. The minimum Gasteiger partial charge on any atom is -0.480 e. The molecule has 2 heterocycles. The third kappa shape index (κ3) is 5.49. The summed E-state index contributed by atoms with van der Waals surface area (Å²) in [6.07, 6.45) is 2.61. The van der Waals surface area contributed by atoms with Crippen molar-refractivity contribution in [2.75, 3.05) is 43.0 Å². The van der Waals surface area contributed by atoms with Gasteiger partial charge in [0.2, 0.25) is 0 Å². The van der Waals surface area contributed by atoms with E-state index < -0.39 is 5.97 Å². The summed E-state index contributed by atoms with van der Waals surface area (Å²) in [6.45, 7) is 4.69. The van der Waals surface area contributed by atoms with Gasteiger partial charge in [-0.3, -0.25) is 19.5 Å². The van der Waals surface area contributed by atoms with Gasteiger partial charge in [-0.1, -0.05) is 18.2 Å². The highest BCUT2D eigenvalue weighted by molar-refractivity contribution is 7.99. The first-order valence-corrected chi connectivity index (χ1v) is 12.0. The molecule has 0 radical (unpaired) electrons. The monoisotopic (exact) mass is 452 g/mol. The Bertz CT molecular complexity index is 1000. The summed E-state index contributed by atoms with van der Waals surface area (Å²) < 4.78 is 0. The highest BCUT2D eigenvalue weighted by atomic mass is 32.2. The van der Waals surface area contributed by atoms with E-state index in [-0.39, 0.29) is 18.5 Å². The lowest BCUT2D eigenvalue weighted by molar-refractivity contribution is -0.139. The van der Waals surface area contributed by atoms with Crippen LogP contribution in [0.2, 0.25) is 0 Å². The molecule has 0 bridgehead atoms. The largest absolute Gasteiger partial charge is 0.480 e. The first kappa shape index (κ1) is 22.4. The first-order chi connectivity index (χ1) is 15.5. The maximum Gasteiger partial charge on any atom is 0.317 e. The number of carbonyl (C=O) groups is 2. The van der Waals surface area contributed by atoms with Crippen molar-refractivity contribution in [3.63, 3.8) is 0 Å². The maximum atomic E-state index is 12.7. The lowest BCUT2D eigenvalue weighted by Crippen LogP contribution is -2.37. The number of nitrogens with one attached hydrogen (secondary N) is 1. The van der Waals surface area contributed by atoms with Crippen molar-refractivity contribution < 1.29 is 14.7 Å². The summed E-state index contributed by atoms with van der Waals surface area (Å²) in [7, 11) is 0. The highest BCUT2D eigenvalue weighted by Gasteiger charge is 2.25. The highest BCUT2D eigenvalue weighted by Crippen LogP contribution is 2.31. The van der Waals surface area contributed by atoms with Gasteiger partial charge in [-0.2, -0.15) is 16.9 Å². The number of amides is 1. The van der Waals surface area contributed by atoms with Crippen LogP contribution >= 0.6 is 11.8 Å². The number of fused-ring (bicyclic) bond motifs is 1. The van der Waals surface area contributed by atoms with Crippen molar-refractivity contribution in [2.45, 2.75) is 19.4 Å². The maximum absolute atomic E-state index is 12.7.